The standard InChI is InChI=1S/C16H20N2O/c1-13-9-14(2)11-15(10-13)16(19)5-3-4-7-18-8-6-17-12-18/h6,8-12H,3-5,7H2,1-2H3. The predicted molar refractivity (Wildman–Crippen MR) is 76.3 cm³/mol. The van der Waals surface area contributed by atoms with Crippen molar-refractivity contribution in [1.82, 2.24) is 9.55 Å². The van der Waals surface area contributed by atoms with E-state index in [1.165, 1.54) is 0 Å². The summed E-state index contributed by atoms with van der Waals surface area (Å²) in [5.41, 5.74) is 3.16. The first-order chi connectivity index (χ1) is 9.15. The van der Waals surface area contributed by atoms with Crippen LogP contribution in [-0.4, -0.2) is 15.3 Å². The number of carbonyl (C=O) groups excluding carboxylic acids is 1. The van der Waals surface area contributed by atoms with Crippen molar-refractivity contribution in [3.8, 4) is 0 Å². The molecule has 0 fully saturated rings. The lowest BCUT2D eigenvalue weighted by Crippen LogP contribution is -2.02. The number of aryl methyl sites for hydroxylation is 3. The number of hydrogen-bond donors (Lipinski definition) is 0. The average molecular weight is 256 g/mol. The first kappa shape index (κ1) is 13.5. The Hall–Kier alpha value is -1.90. The molecule has 0 aliphatic heterocycles. The number of nitrogens with zero attached hydrogens (tertiary/aromatic N) is 2. The number of imidazole rings is 1. The monoisotopic (exact) mass is 256 g/mol. The Morgan fingerprint density at radius 1 is 1.16 bits per heavy atom. The Kier molecular flexibility index (Phi) is 4.50. The van der Waals surface area contributed by atoms with Crippen molar-refractivity contribution in [2.75, 3.05) is 0 Å². The van der Waals surface area contributed by atoms with Crippen LogP contribution in [0.15, 0.2) is 36.9 Å². The maximum absolute atomic E-state index is 12.1. The second kappa shape index (κ2) is 6.32. The molecule has 0 saturated heterocycles. The van der Waals surface area contributed by atoms with Gasteiger partial charge in [0.2, 0.25) is 0 Å². The van der Waals surface area contributed by atoms with Gasteiger partial charge in [-0.3, -0.25) is 4.79 Å². The van der Waals surface area contributed by atoms with Crippen LogP contribution < -0.4 is 0 Å². The number of rotatable bonds is 6. The normalized spacial score (nSPS) is 10.6. The van der Waals surface area contributed by atoms with Crippen LogP contribution in [-0.2, 0) is 6.54 Å². The van der Waals surface area contributed by atoms with E-state index in [-0.39, 0.29) is 5.78 Å². The number of aromatic nitrogens is 2. The van der Waals surface area contributed by atoms with Crippen LogP contribution in [0.4, 0.5) is 0 Å². The third-order valence-corrected chi connectivity index (χ3v) is 3.17. The summed E-state index contributed by atoms with van der Waals surface area (Å²) in [6, 6.07) is 6.05. The van der Waals surface area contributed by atoms with Gasteiger partial charge in [0.05, 0.1) is 6.33 Å². The van der Waals surface area contributed by atoms with Crippen molar-refractivity contribution >= 4 is 5.78 Å². The number of unbranched alkanes of at least 4 members (excludes halogenated alkanes) is 1. The Morgan fingerprint density at radius 3 is 2.53 bits per heavy atom. The second-order valence-corrected chi connectivity index (χ2v) is 5.06. The van der Waals surface area contributed by atoms with Crippen LogP contribution in [0.25, 0.3) is 0 Å². The lowest BCUT2D eigenvalue weighted by molar-refractivity contribution is 0.0978. The molecule has 0 radical (unpaired) electrons. The van der Waals surface area contributed by atoms with E-state index < -0.39 is 0 Å². The van der Waals surface area contributed by atoms with Crippen LogP contribution in [0, 0.1) is 13.8 Å². The largest absolute Gasteiger partial charge is 0.337 e. The molecule has 2 rings (SSSR count). The van der Waals surface area contributed by atoms with Gasteiger partial charge in [0, 0.05) is 30.9 Å². The molecule has 2 aromatic rings. The molecule has 1 aromatic heterocycles. The quantitative estimate of drug-likeness (QED) is 0.585. The van der Waals surface area contributed by atoms with E-state index in [0.29, 0.717) is 6.42 Å². The molecule has 0 aliphatic carbocycles. The molecule has 3 heteroatoms. The molecule has 0 amide bonds. The molecule has 0 unspecified atom stereocenters. The molecule has 0 spiro atoms. The van der Waals surface area contributed by atoms with Gasteiger partial charge >= 0.3 is 0 Å². The van der Waals surface area contributed by atoms with Crippen molar-refractivity contribution in [2.24, 2.45) is 0 Å². The van der Waals surface area contributed by atoms with E-state index in [1.807, 2.05) is 43.1 Å². The average Bonchev–Trinajstić information content (AvgIpc) is 2.86. The highest BCUT2D eigenvalue weighted by molar-refractivity contribution is 5.96. The third kappa shape index (κ3) is 4.05. The van der Waals surface area contributed by atoms with Gasteiger partial charge in [0.1, 0.15) is 0 Å². The Balaban J connectivity index is 1.80. The molecular weight excluding hydrogens is 236 g/mol. The van der Waals surface area contributed by atoms with Crippen LogP contribution >= 0.6 is 0 Å². The van der Waals surface area contributed by atoms with Crippen molar-refractivity contribution < 1.29 is 4.79 Å². The maximum Gasteiger partial charge on any atom is 0.162 e. The zero-order valence-corrected chi connectivity index (χ0v) is 11.6. The molecule has 0 aliphatic rings. The molecule has 0 saturated carbocycles. The van der Waals surface area contributed by atoms with Gasteiger partial charge in [0.25, 0.3) is 0 Å². The fraction of sp³-hybridized carbons (Fsp3) is 0.375. The SMILES string of the molecule is Cc1cc(C)cc(C(=O)CCCCn2ccnc2)c1. The van der Waals surface area contributed by atoms with Gasteiger partial charge in [-0.05, 0) is 38.8 Å². The minimum atomic E-state index is 0.248. The molecule has 0 bridgehead atoms. The third-order valence-electron chi connectivity index (χ3n) is 3.17. The van der Waals surface area contributed by atoms with E-state index in [9.17, 15) is 4.79 Å². The van der Waals surface area contributed by atoms with Crippen molar-refractivity contribution in [3.05, 3.63) is 53.6 Å². The Labute approximate surface area is 114 Å². The van der Waals surface area contributed by atoms with Crippen LogP contribution in [0.5, 0.6) is 0 Å². The summed E-state index contributed by atoms with van der Waals surface area (Å²) in [5, 5.41) is 0. The lowest BCUT2D eigenvalue weighted by Gasteiger charge is -2.05. The van der Waals surface area contributed by atoms with E-state index in [2.05, 4.69) is 11.1 Å². The number of hydrogen-bond acceptors (Lipinski definition) is 2. The first-order valence-electron chi connectivity index (χ1n) is 6.72. The van der Waals surface area contributed by atoms with Gasteiger partial charge in [-0.2, -0.15) is 0 Å². The Morgan fingerprint density at radius 2 is 1.89 bits per heavy atom. The summed E-state index contributed by atoms with van der Waals surface area (Å²) in [7, 11) is 0. The predicted octanol–water partition coefficient (Wildman–Crippen LogP) is 3.55. The zero-order chi connectivity index (χ0) is 13.7. The topological polar surface area (TPSA) is 34.9 Å². The highest BCUT2D eigenvalue weighted by Gasteiger charge is 2.06. The fourth-order valence-electron chi connectivity index (χ4n) is 2.28. The highest BCUT2D eigenvalue weighted by Crippen LogP contribution is 2.12. The summed E-state index contributed by atoms with van der Waals surface area (Å²) < 4.78 is 2.04. The van der Waals surface area contributed by atoms with Gasteiger partial charge < -0.3 is 4.57 Å². The van der Waals surface area contributed by atoms with Crippen LogP contribution in [0.2, 0.25) is 0 Å². The Bertz CT molecular complexity index is 524. The van der Waals surface area contributed by atoms with Crippen molar-refractivity contribution in [1.29, 1.82) is 0 Å². The molecule has 19 heavy (non-hydrogen) atoms. The highest BCUT2D eigenvalue weighted by atomic mass is 16.1. The van der Waals surface area contributed by atoms with E-state index in [4.69, 9.17) is 0 Å². The molecule has 3 nitrogen and oxygen atoms in total. The van der Waals surface area contributed by atoms with E-state index in [1.54, 1.807) is 6.20 Å². The molecular formula is C16H20N2O. The first-order valence-corrected chi connectivity index (χ1v) is 6.72. The summed E-state index contributed by atoms with van der Waals surface area (Å²) in [4.78, 5) is 16.1. The summed E-state index contributed by atoms with van der Waals surface area (Å²) in [6.07, 6.45) is 8.09. The smallest absolute Gasteiger partial charge is 0.162 e. The number of Topliss-reactive ketones (excluding diaryl/α,β-unsaturated/α-hetero) is 1. The maximum atomic E-state index is 12.1. The minimum Gasteiger partial charge on any atom is -0.337 e. The molecule has 1 aromatic carbocycles. The number of benzene rings is 1. The zero-order valence-electron chi connectivity index (χ0n) is 11.6. The summed E-state index contributed by atoms with van der Waals surface area (Å²) >= 11 is 0. The summed E-state index contributed by atoms with van der Waals surface area (Å²) in [5.74, 6) is 0.248. The van der Waals surface area contributed by atoms with Gasteiger partial charge in [-0.15, -0.1) is 0 Å². The fourth-order valence-corrected chi connectivity index (χ4v) is 2.28. The van der Waals surface area contributed by atoms with Gasteiger partial charge in [-0.1, -0.05) is 17.2 Å². The minimum absolute atomic E-state index is 0.248. The van der Waals surface area contributed by atoms with Crippen LogP contribution in [0.3, 0.4) is 0 Å². The lowest BCUT2D eigenvalue weighted by atomic mass is 10.0. The second-order valence-electron chi connectivity index (χ2n) is 5.06. The van der Waals surface area contributed by atoms with E-state index in [0.717, 1.165) is 36.1 Å². The van der Waals surface area contributed by atoms with Gasteiger partial charge in [0.15, 0.2) is 5.78 Å². The van der Waals surface area contributed by atoms with Crippen LogP contribution in [0.1, 0.15) is 40.7 Å². The van der Waals surface area contributed by atoms with Crippen molar-refractivity contribution in [3.63, 3.8) is 0 Å². The van der Waals surface area contributed by atoms with Crippen molar-refractivity contribution in [2.45, 2.75) is 39.7 Å². The molecule has 0 atom stereocenters. The molecule has 1 heterocycles. The van der Waals surface area contributed by atoms with Gasteiger partial charge in [-0.25, -0.2) is 4.98 Å². The summed E-state index contributed by atoms with van der Waals surface area (Å²) in [6.45, 7) is 4.99. The number of ketones is 1. The molecule has 0 N–H and O–H groups in total. The number of carbonyl (C=O) groups is 1. The van der Waals surface area contributed by atoms with E-state index >= 15 is 0 Å². The molecule has 100 valence electrons.